The Balaban J connectivity index is 2.23. The van der Waals surface area contributed by atoms with E-state index >= 15 is 0 Å². The standard InChI is InChI=1S/C14H20ClN3O/c1-2-5-10-6-3-4-9-18(10)14(19)13-11(15)7-8-12(16)17-13/h7-8,10H,2-6,9H2,1H3,(H2,16,17). The largest absolute Gasteiger partial charge is 0.384 e. The van der Waals surface area contributed by atoms with Crippen LogP contribution in [0.3, 0.4) is 0 Å². The fourth-order valence-corrected chi connectivity index (χ4v) is 2.83. The maximum Gasteiger partial charge on any atom is 0.274 e. The number of piperidine rings is 1. The molecule has 1 aromatic heterocycles. The van der Waals surface area contributed by atoms with Crippen LogP contribution in [0.4, 0.5) is 5.82 Å². The van der Waals surface area contributed by atoms with Crippen LogP contribution in [-0.2, 0) is 0 Å². The maximum absolute atomic E-state index is 12.6. The number of carbonyl (C=O) groups is 1. The predicted octanol–water partition coefficient (Wildman–Crippen LogP) is 3.11. The van der Waals surface area contributed by atoms with Gasteiger partial charge in [0.1, 0.15) is 11.5 Å². The molecule has 0 bridgehead atoms. The molecule has 4 nitrogen and oxygen atoms in total. The number of amides is 1. The van der Waals surface area contributed by atoms with Crippen molar-refractivity contribution in [2.75, 3.05) is 12.3 Å². The second-order valence-corrected chi connectivity index (χ2v) is 5.41. The van der Waals surface area contributed by atoms with Crippen LogP contribution in [0.1, 0.15) is 49.5 Å². The molecule has 0 saturated carbocycles. The molecule has 104 valence electrons. The van der Waals surface area contributed by atoms with Crippen molar-refractivity contribution in [1.82, 2.24) is 9.88 Å². The molecule has 1 unspecified atom stereocenters. The summed E-state index contributed by atoms with van der Waals surface area (Å²) in [4.78, 5) is 18.6. The van der Waals surface area contributed by atoms with Crippen molar-refractivity contribution < 1.29 is 4.79 Å². The van der Waals surface area contributed by atoms with E-state index in [1.54, 1.807) is 12.1 Å². The van der Waals surface area contributed by atoms with Crippen LogP contribution in [0, 0.1) is 0 Å². The number of halogens is 1. The molecule has 2 N–H and O–H groups in total. The van der Waals surface area contributed by atoms with Crippen molar-refractivity contribution in [3.05, 3.63) is 22.8 Å². The van der Waals surface area contributed by atoms with Crippen LogP contribution in [0.5, 0.6) is 0 Å². The van der Waals surface area contributed by atoms with Gasteiger partial charge in [-0.05, 0) is 37.8 Å². The number of hydrogen-bond donors (Lipinski definition) is 1. The molecule has 1 aromatic rings. The van der Waals surface area contributed by atoms with E-state index in [9.17, 15) is 4.79 Å². The summed E-state index contributed by atoms with van der Waals surface area (Å²) in [5.74, 6) is 0.243. The summed E-state index contributed by atoms with van der Waals surface area (Å²) >= 11 is 6.07. The van der Waals surface area contributed by atoms with Gasteiger partial charge in [0.2, 0.25) is 0 Å². The van der Waals surface area contributed by atoms with Gasteiger partial charge in [-0.25, -0.2) is 4.98 Å². The van der Waals surface area contributed by atoms with E-state index in [0.717, 1.165) is 32.2 Å². The molecule has 0 aromatic carbocycles. The SMILES string of the molecule is CCCC1CCCCN1C(=O)c1nc(N)ccc1Cl. The van der Waals surface area contributed by atoms with E-state index in [4.69, 9.17) is 17.3 Å². The number of carbonyl (C=O) groups excluding carboxylic acids is 1. The third-order valence-corrected chi connectivity index (χ3v) is 3.89. The van der Waals surface area contributed by atoms with Crippen LogP contribution < -0.4 is 5.73 Å². The Labute approximate surface area is 118 Å². The van der Waals surface area contributed by atoms with Gasteiger partial charge in [0, 0.05) is 12.6 Å². The Hall–Kier alpha value is -1.29. The lowest BCUT2D eigenvalue weighted by molar-refractivity contribution is 0.0595. The van der Waals surface area contributed by atoms with Crippen LogP contribution in [-0.4, -0.2) is 28.4 Å². The Morgan fingerprint density at radius 2 is 2.32 bits per heavy atom. The van der Waals surface area contributed by atoms with Crippen molar-refractivity contribution in [2.45, 2.75) is 45.1 Å². The molecule has 1 atom stereocenters. The molecule has 1 aliphatic rings. The summed E-state index contributed by atoms with van der Waals surface area (Å²) in [7, 11) is 0. The Bertz CT molecular complexity index is 462. The van der Waals surface area contributed by atoms with Crippen LogP contribution in [0.25, 0.3) is 0 Å². The Kier molecular flexibility index (Phi) is 4.64. The fourth-order valence-electron chi connectivity index (χ4n) is 2.64. The van der Waals surface area contributed by atoms with Crippen molar-refractivity contribution in [2.24, 2.45) is 0 Å². The zero-order valence-electron chi connectivity index (χ0n) is 11.2. The second kappa shape index (κ2) is 6.24. The molecular formula is C14H20ClN3O. The van der Waals surface area contributed by atoms with Crippen molar-refractivity contribution in [3.8, 4) is 0 Å². The predicted molar refractivity (Wildman–Crippen MR) is 77.2 cm³/mol. The van der Waals surface area contributed by atoms with Gasteiger partial charge in [-0.3, -0.25) is 4.79 Å². The summed E-state index contributed by atoms with van der Waals surface area (Å²) in [6.45, 7) is 2.93. The lowest BCUT2D eigenvalue weighted by atomic mass is 9.98. The van der Waals surface area contributed by atoms with Gasteiger partial charge in [-0.15, -0.1) is 0 Å². The zero-order valence-corrected chi connectivity index (χ0v) is 12.0. The van der Waals surface area contributed by atoms with E-state index in [2.05, 4.69) is 11.9 Å². The first-order valence-corrected chi connectivity index (χ1v) is 7.24. The average molecular weight is 282 g/mol. The van der Waals surface area contributed by atoms with Crippen molar-refractivity contribution in [1.29, 1.82) is 0 Å². The molecule has 2 rings (SSSR count). The summed E-state index contributed by atoms with van der Waals surface area (Å²) in [6, 6.07) is 3.56. The smallest absolute Gasteiger partial charge is 0.274 e. The summed E-state index contributed by atoms with van der Waals surface area (Å²) < 4.78 is 0. The monoisotopic (exact) mass is 281 g/mol. The van der Waals surface area contributed by atoms with Gasteiger partial charge in [-0.2, -0.15) is 0 Å². The number of likely N-dealkylation sites (tertiary alicyclic amines) is 1. The summed E-state index contributed by atoms with van der Waals surface area (Å²) in [5, 5.41) is 0.375. The van der Waals surface area contributed by atoms with E-state index in [0.29, 0.717) is 16.9 Å². The van der Waals surface area contributed by atoms with Crippen LogP contribution >= 0.6 is 11.6 Å². The molecule has 5 heteroatoms. The van der Waals surface area contributed by atoms with E-state index < -0.39 is 0 Å². The van der Waals surface area contributed by atoms with E-state index in [1.807, 2.05) is 4.90 Å². The minimum Gasteiger partial charge on any atom is -0.384 e. The van der Waals surface area contributed by atoms with Crippen LogP contribution in [0.15, 0.2) is 12.1 Å². The number of nitrogens with two attached hydrogens (primary N) is 1. The quantitative estimate of drug-likeness (QED) is 0.926. The molecule has 0 radical (unpaired) electrons. The van der Waals surface area contributed by atoms with Crippen LogP contribution in [0.2, 0.25) is 5.02 Å². The number of pyridine rings is 1. The van der Waals surface area contributed by atoms with Gasteiger partial charge in [0.15, 0.2) is 0 Å². The molecule has 19 heavy (non-hydrogen) atoms. The Morgan fingerprint density at radius 1 is 1.53 bits per heavy atom. The van der Waals surface area contributed by atoms with Gasteiger partial charge in [0.05, 0.1) is 5.02 Å². The highest BCUT2D eigenvalue weighted by molar-refractivity contribution is 6.33. The maximum atomic E-state index is 12.6. The third-order valence-electron chi connectivity index (χ3n) is 3.58. The lowest BCUT2D eigenvalue weighted by Crippen LogP contribution is -2.44. The molecule has 1 saturated heterocycles. The van der Waals surface area contributed by atoms with E-state index in [-0.39, 0.29) is 11.6 Å². The summed E-state index contributed by atoms with van der Waals surface area (Å²) in [5.41, 5.74) is 5.93. The fraction of sp³-hybridized carbons (Fsp3) is 0.571. The minimum atomic E-state index is -0.0875. The highest BCUT2D eigenvalue weighted by Crippen LogP contribution is 2.25. The van der Waals surface area contributed by atoms with Gasteiger partial charge < -0.3 is 10.6 Å². The topological polar surface area (TPSA) is 59.2 Å². The molecular weight excluding hydrogens is 262 g/mol. The van der Waals surface area contributed by atoms with Gasteiger partial charge >= 0.3 is 0 Å². The van der Waals surface area contributed by atoms with Gasteiger partial charge in [0.25, 0.3) is 5.91 Å². The minimum absolute atomic E-state index is 0.0875. The second-order valence-electron chi connectivity index (χ2n) is 5.00. The lowest BCUT2D eigenvalue weighted by Gasteiger charge is -2.35. The first-order chi connectivity index (χ1) is 9.13. The number of hydrogen-bond acceptors (Lipinski definition) is 3. The molecule has 1 amide bonds. The number of aromatic nitrogens is 1. The molecule has 0 spiro atoms. The number of rotatable bonds is 3. The van der Waals surface area contributed by atoms with Crippen molar-refractivity contribution >= 4 is 23.3 Å². The normalized spacial score (nSPS) is 19.5. The molecule has 2 heterocycles. The third kappa shape index (κ3) is 3.18. The first-order valence-electron chi connectivity index (χ1n) is 6.86. The van der Waals surface area contributed by atoms with E-state index in [1.165, 1.54) is 6.42 Å². The number of nitrogen functional groups attached to an aromatic ring is 1. The van der Waals surface area contributed by atoms with Gasteiger partial charge in [-0.1, -0.05) is 24.9 Å². The number of anilines is 1. The zero-order chi connectivity index (χ0) is 13.8. The number of nitrogens with zero attached hydrogens (tertiary/aromatic N) is 2. The molecule has 1 fully saturated rings. The van der Waals surface area contributed by atoms with Crippen molar-refractivity contribution in [3.63, 3.8) is 0 Å². The Morgan fingerprint density at radius 3 is 3.05 bits per heavy atom. The highest BCUT2D eigenvalue weighted by Gasteiger charge is 2.28. The average Bonchev–Trinajstić information content (AvgIpc) is 2.42. The molecule has 1 aliphatic heterocycles. The molecule has 0 aliphatic carbocycles. The summed E-state index contributed by atoms with van der Waals surface area (Å²) in [6.07, 6.45) is 5.41. The first kappa shape index (κ1) is 14.1. The highest BCUT2D eigenvalue weighted by atomic mass is 35.5.